The Labute approximate surface area is 127 Å². The van der Waals surface area contributed by atoms with Crippen LogP contribution in [0, 0.1) is 11.8 Å². The van der Waals surface area contributed by atoms with E-state index < -0.39 is 0 Å². The van der Waals surface area contributed by atoms with Gasteiger partial charge in [-0.2, -0.15) is 0 Å². The Balaban J connectivity index is 2.01. The van der Waals surface area contributed by atoms with E-state index >= 15 is 0 Å². The fourth-order valence-electron chi connectivity index (χ4n) is 3.27. The molecule has 1 aliphatic carbocycles. The molecule has 1 aromatic rings. The van der Waals surface area contributed by atoms with Crippen LogP contribution in [-0.2, 0) is 6.54 Å². The Morgan fingerprint density at radius 3 is 2.67 bits per heavy atom. The van der Waals surface area contributed by atoms with E-state index in [1.165, 1.54) is 12.8 Å². The Hall–Kier alpha value is -1.16. The molecule has 21 heavy (non-hydrogen) atoms. The van der Waals surface area contributed by atoms with Gasteiger partial charge in [0.15, 0.2) is 0 Å². The van der Waals surface area contributed by atoms with Crippen LogP contribution in [0.5, 0.6) is 0 Å². The monoisotopic (exact) mass is 291 g/mol. The Morgan fingerprint density at radius 2 is 2.05 bits per heavy atom. The summed E-state index contributed by atoms with van der Waals surface area (Å²) in [6.45, 7) is 8.41. The van der Waals surface area contributed by atoms with Crippen LogP contribution in [0.1, 0.15) is 70.3 Å². The van der Waals surface area contributed by atoms with Crippen LogP contribution in [0.25, 0.3) is 0 Å². The van der Waals surface area contributed by atoms with Crippen LogP contribution >= 0.6 is 0 Å². The predicted octanol–water partition coefficient (Wildman–Crippen LogP) is 3.20. The molecular weight excluding hydrogens is 262 g/mol. The van der Waals surface area contributed by atoms with Crippen LogP contribution in [0.3, 0.4) is 0 Å². The first-order valence-corrected chi connectivity index (χ1v) is 8.41. The molecule has 0 saturated heterocycles. The zero-order valence-corrected chi connectivity index (χ0v) is 13.6. The highest BCUT2D eigenvalue weighted by Crippen LogP contribution is 2.37. The van der Waals surface area contributed by atoms with Crippen molar-refractivity contribution in [2.24, 2.45) is 11.8 Å². The SMILES string of the molecule is CCCNCc1cc(=O)[nH]c(C2CCC(C(C)C)CC2)n1. The van der Waals surface area contributed by atoms with Gasteiger partial charge in [0.05, 0.1) is 5.69 Å². The molecule has 0 aromatic carbocycles. The van der Waals surface area contributed by atoms with Crippen molar-refractivity contribution in [3.8, 4) is 0 Å². The van der Waals surface area contributed by atoms with Gasteiger partial charge >= 0.3 is 0 Å². The smallest absolute Gasteiger partial charge is 0.251 e. The maximum atomic E-state index is 11.8. The van der Waals surface area contributed by atoms with Crippen molar-refractivity contribution in [3.63, 3.8) is 0 Å². The van der Waals surface area contributed by atoms with E-state index in [9.17, 15) is 4.79 Å². The summed E-state index contributed by atoms with van der Waals surface area (Å²) in [7, 11) is 0. The zero-order valence-electron chi connectivity index (χ0n) is 13.6. The van der Waals surface area contributed by atoms with Gasteiger partial charge in [-0.15, -0.1) is 0 Å². The first-order chi connectivity index (χ1) is 10.1. The average Bonchev–Trinajstić information content (AvgIpc) is 2.47. The van der Waals surface area contributed by atoms with Gasteiger partial charge in [-0.05, 0) is 50.5 Å². The Morgan fingerprint density at radius 1 is 1.33 bits per heavy atom. The third-order valence-corrected chi connectivity index (χ3v) is 4.65. The number of aromatic nitrogens is 2. The van der Waals surface area contributed by atoms with E-state index in [-0.39, 0.29) is 5.56 Å². The van der Waals surface area contributed by atoms with Gasteiger partial charge in [0, 0.05) is 18.5 Å². The van der Waals surface area contributed by atoms with E-state index in [0.717, 1.165) is 49.2 Å². The maximum Gasteiger partial charge on any atom is 0.251 e. The molecular formula is C17H29N3O. The largest absolute Gasteiger partial charge is 0.311 e. The van der Waals surface area contributed by atoms with E-state index in [1.54, 1.807) is 6.07 Å². The number of rotatable bonds is 6. The van der Waals surface area contributed by atoms with E-state index in [0.29, 0.717) is 12.5 Å². The molecule has 4 heteroatoms. The third-order valence-electron chi connectivity index (χ3n) is 4.65. The summed E-state index contributed by atoms with van der Waals surface area (Å²) < 4.78 is 0. The minimum atomic E-state index is -0.0146. The van der Waals surface area contributed by atoms with Gasteiger partial charge in [-0.25, -0.2) is 4.98 Å². The summed E-state index contributed by atoms with van der Waals surface area (Å²) in [5.74, 6) is 2.93. The predicted molar refractivity (Wildman–Crippen MR) is 86.4 cm³/mol. The molecule has 0 unspecified atom stereocenters. The third kappa shape index (κ3) is 4.67. The zero-order chi connectivity index (χ0) is 15.2. The van der Waals surface area contributed by atoms with Gasteiger partial charge in [0.25, 0.3) is 5.56 Å². The summed E-state index contributed by atoms with van der Waals surface area (Å²) in [6, 6.07) is 1.62. The van der Waals surface area contributed by atoms with Gasteiger partial charge in [0.2, 0.25) is 0 Å². The summed E-state index contributed by atoms with van der Waals surface area (Å²) in [5.41, 5.74) is 0.854. The highest BCUT2D eigenvalue weighted by molar-refractivity contribution is 5.07. The summed E-state index contributed by atoms with van der Waals surface area (Å²) in [4.78, 5) is 19.5. The van der Waals surface area contributed by atoms with Crippen LogP contribution < -0.4 is 10.9 Å². The van der Waals surface area contributed by atoms with Gasteiger partial charge in [0.1, 0.15) is 5.82 Å². The number of H-pyrrole nitrogens is 1. The van der Waals surface area contributed by atoms with Crippen LogP contribution in [0.2, 0.25) is 0 Å². The minimum Gasteiger partial charge on any atom is -0.311 e. The second-order valence-corrected chi connectivity index (χ2v) is 6.65. The molecule has 0 radical (unpaired) electrons. The number of hydrogen-bond donors (Lipinski definition) is 2. The van der Waals surface area contributed by atoms with Crippen molar-refractivity contribution in [2.75, 3.05) is 6.54 Å². The summed E-state index contributed by atoms with van der Waals surface area (Å²) in [6.07, 6.45) is 5.90. The molecule has 118 valence electrons. The minimum absolute atomic E-state index is 0.0146. The maximum absolute atomic E-state index is 11.8. The van der Waals surface area contributed by atoms with Crippen molar-refractivity contribution in [1.29, 1.82) is 0 Å². The standard InChI is InChI=1S/C17H29N3O/c1-4-9-18-11-15-10-16(21)20-17(19-15)14-7-5-13(6-8-14)12(2)3/h10,12-14,18H,4-9,11H2,1-3H3,(H,19,20,21). The van der Waals surface area contributed by atoms with Crippen molar-refractivity contribution in [3.05, 3.63) is 27.9 Å². The number of nitrogens with one attached hydrogen (secondary N) is 2. The molecule has 1 fully saturated rings. The molecule has 1 aliphatic rings. The topological polar surface area (TPSA) is 57.8 Å². The number of hydrogen-bond acceptors (Lipinski definition) is 3. The lowest BCUT2D eigenvalue weighted by atomic mass is 9.77. The molecule has 1 aromatic heterocycles. The van der Waals surface area contributed by atoms with Crippen molar-refractivity contribution >= 4 is 0 Å². The molecule has 2 rings (SSSR count). The average molecular weight is 291 g/mol. The Kier molecular flexibility index (Phi) is 5.97. The fraction of sp³-hybridized carbons (Fsp3) is 0.765. The van der Waals surface area contributed by atoms with Crippen molar-refractivity contribution in [1.82, 2.24) is 15.3 Å². The second-order valence-electron chi connectivity index (χ2n) is 6.65. The molecule has 1 saturated carbocycles. The summed E-state index contributed by atoms with van der Waals surface area (Å²) in [5, 5.41) is 3.32. The van der Waals surface area contributed by atoms with E-state index in [4.69, 9.17) is 0 Å². The molecule has 0 bridgehead atoms. The quantitative estimate of drug-likeness (QED) is 0.791. The molecule has 4 nitrogen and oxygen atoms in total. The fourth-order valence-corrected chi connectivity index (χ4v) is 3.27. The van der Waals surface area contributed by atoms with Crippen LogP contribution in [0.15, 0.2) is 10.9 Å². The van der Waals surface area contributed by atoms with Crippen LogP contribution in [-0.4, -0.2) is 16.5 Å². The van der Waals surface area contributed by atoms with Crippen molar-refractivity contribution in [2.45, 2.75) is 65.3 Å². The first kappa shape index (κ1) is 16.2. The first-order valence-electron chi connectivity index (χ1n) is 8.41. The Bertz CT molecular complexity index is 487. The summed E-state index contributed by atoms with van der Waals surface area (Å²) >= 11 is 0. The second kappa shape index (κ2) is 7.74. The molecule has 0 atom stereocenters. The van der Waals surface area contributed by atoms with Crippen LogP contribution in [0.4, 0.5) is 0 Å². The van der Waals surface area contributed by atoms with Gasteiger partial charge in [-0.1, -0.05) is 20.8 Å². The van der Waals surface area contributed by atoms with E-state index in [2.05, 4.69) is 36.1 Å². The van der Waals surface area contributed by atoms with Gasteiger partial charge in [-0.3, -0.25) is 4.79 Å². The lowest BCUT2D eigenvalue weighted by Gasteiger charge is -2.30. The van der Waals surface area contributed by atoms with E-state index in [1.807, 2.05) is 0 Å². The molecule has 1 heterocycles. The molecule has 0 aliphatic heterocycles. The highest BCUT2D eigenvalue weighted by atomic mass is 16.1. The molecule has 2 N–H and O–H groups in total. The van der Waals surface area contributed by atoms with Crippen molar-refractivity contribution < 1.29 is 0 Å². The number of aromatic amines is 1. The number of nitrogens with zero attached hydrogens (tertiary/aromatic N) is 1. The molecule has 0 spiro atoms. The lowest BCUT2D eigenvalue weighted by molar-refractivity contribution is 0.254. The molecule has 0 amide bonds. The highest BCUT2D eigenvalue weighted by Gasteiger charge is 2.25. The van der Waals surface area contributed by atoms with Gasteiger partial charge < -0.3 is 10.3 Å². The lowest BCUT2D eigenvalue weighted by Crippen LogP contribution is -2.23. The normalized spacial score (nSPS) is 22.7.